The molecule has 0 spiro atoms. The highest BCUT2D eigenvalue weighted by Gasteiger charge is 2.49. The molecule has 3 atom stereocenters. The van der Waals surface area contributed by atoms with Crippen LogP contribution in [0.1, 0.15) is 71.2 Å². The number of aliphatic hydroxyl groups excluding tert-OH is 3. The second kappa shape index (κ2) is 16.5. The summed E-state index contributed by atoms with van der Waals surface area (Å²) in [7, 11) is -3.01. The number of carbonyl (C=O) groups excluding carboxylic acids is 1. The number of unbranched alkanes of at least 4 members (excludes halogenated alkanes) is 1. The smallest absolute Gasteiger partial charge is 0.233 e. The fourth-order valence-corrected chi connectivity index (χ4v) is 7.41. The number of aromatic hydroxyl groups is 1. The second-order valence-corrected chi connectivity index (χ2v) is 15.9. The van der Waals surface area contributed by atoms with Gasteiger partial charge in [-0.2, -0.15) is 0 Å². The molecule has 0 bridgehead atoms. The lowest BCUT2D eigenvalue weighted by molar-refractivity contribution is -0.131. The summed E-state index contributed by atoms with van der Waals surface area (Å²) in [5.41, 5.74) is 3.38. The number of phenolic OH excluding ortho intramolecular Hbond substituents is 1. The standard InChI is InChI=1S/C40H46FNO8S/c1-51(49,50)23-3-2-4-27-9-18-33(19-10-27)42-38(35(39(42)47)21-22-36(45)30-12-16-32(41)17-13-30)34-20-11-29(24-37(34)46)6-5-28-7-14-31(15-8-28)40(48,25-43)26-44/h7-20,24,35-36,38,43-46,48H,2-6,21-23,25-26H2,1H3/t35-,36+,38-/m1/s1. The van der Waals surface area contributed by atoms with Crippen molar-refractivity contribution < 1.29 is 43.1 Å². The van der Waals surface area contributed by atoms with Crippen LogP contribution in [0.4, 0.5) is 10.1 Å². The highest BCUT2D eigenvalue weighted by atomic mass is 32.2. The topological polar surface area (TPSA) is 156 Å². The quantitative estimate of drug-likeness (QED) is 0.0749. The number of β-lactam (4-membered cyclic amide) rings is 1. The number of anilines is 1. The van der Waals surface area contributed by atoms with Crippen LogP contribution in [0.15, 0.2) is 91.0 Å². The minimum Gasteiger partial charge on any atom is -0.508 e. The number of phenols is 1. The number of aliphatic hydroxyl groups is 4. The molecule has 1 heterocycles. The zero-order valence-electron chi connectivity index (χ0n) is 28.7. The molecular formula is C40H46FNO8S. The summed E-state index contributed by atoms with van der Waals surface area (Å²) in [6.45, 7) is -1.21. The van der Waals surface area contributed by atoms with Crippen LogP contribution in [-0.4, -0.2) is 65.1 Å². The van der Waals surface area contributed by atoms with Crippen molar-refractivity contribution in [2.45, 2.75) is 62.7 Å². The van der Waals surface area contributed by atoms with Crippen LogP contribution in [0.25, 0.3) is 0 Å². The summed E-state index contributed by atoms with van der Waals surface area (Å²) in [6.07, 6.45) is 4.18. The number of hydrogen-bond acceptors (Lipinski definition) is 8. The maximum atomic E-state index is 13.7. The van der Waals surface area contributed by atoms with E-state index in [1.54, 1.807) is 23.1 Å². The number of halogens is 1. The number of rotatable bonds is 17. The number of benzene rings is 4. The van der Waals surface area contributed by atoms with Crippen LogP contribution in [0.2, 0.25) is 0 Å². The first-order valence-corrected chi connectivity index (χ1v) is 19.3. The molecule has 1 amide bonds. The van der Waals surface area contributed by atoms with Gasteiger partial charge in [0.2, 0.25) is 5.91 Å². The molecule has 1 saturated heterocycles. The van der Waals surface area contributed by atoms with Crippen molar-refractivity contribution in [2.75, 3.05) is 30.1 Å². The molecule has 11 heteroatoms. The molecule has 272 valence electrons. The lowest BCUT2D eigenvalue weighted by atomic mass is 9.77. The number of aryl methyl sites for hydroxylation is 3. The van der Waals surface area contributed by atoms with Gasteiger partial charge in [-0.3, -0.25) is 4.79 Å². The summed E-state index contributed by atoms with van der Waals surface area (Å²) in [5.74, 6) is -0.853. The average molecular weight is 720 g/mol. The van der Waals surface area contributed by atoms with Crippen LogP contribution in [0.3, 0.4) is 0 Å². The maximum absolute atomic E-state index is 13.7. The van der Waals surface area contributed by atoms with E-state index in [0.29, 0.717) is 54.5 Å². The van der Waals surface area contributed by atoms with Gasteiger partial charge in [-0.1, -0.05) is 60.7 Å². The van der Waals surface area contributed by atoms with Gasteiger partial charge >= 0.3 is 0 Å². The van der Waals surface area contributed by atoms with Gasteiger partial charge in [0.05, 0.1) is 31.3 Å². The summed E-state index contributed by atoms with van der Waals surface area (Å²) in [5, 5.41) is 51.4. The van der Waals surface area contributed by atoms with Crippen LogP contribution in [-0.2, 0) is 39.5 Å². The monoisotopic (exact) mass is 719 g/mol. The van der Waals surface area contributed by atoms with E-state index >= 15 is 0 Å². The molecule has 51 heavy (non-hydrogen) atoms. The Hall–Kier alpha value is -4.13. The van der Waals surface area contributed by atoms with Crippen LogP contribution in [0, 0.1) is 11.7 Å². The first kappa shape index (κ1) is 38.1. The lowest BCUT2D eigenvalue weighted by Gasteiger charge is -2.48. The van der Waals surface area contributed by atoms with Gasteiger partial charge in [-0.05, 0) is 103 Å². The van der Waals surface area contributed by atoms with Crippen molar-refractivity contribution in [2.24, 2.45) is 5.92 Å². The van der Waals surface area contributed by atoms with Gasteiger partial charge in [0.15, 0.2) is 0 Å². The molecular weight excluding hydrogens is 674 g/mol. The molecule has 5 N–H and O–H groups in total. The number of nitrogens with zero attached hydrogens (tertiary/aromatic N) is 1. The summed E-state index contributed by atoms with van der Waals surface area (Å²) < 4.78 is 36.4. The van der Waals surface area contributed by atoms with Gasteiger partial charge in [0.25, 0.3) is 0 Å². The molecule has 4 aromatic rings. The van der Waals surface area contributed by atoms with Crippen molar-refractivity contribution >= 4 is 21.4 Å². The van der Waals surface area contributed by atoms with Gasteiger partial charge < -0.3 is 30.4 Å². The minimum atomic E-state index is -3.01. The minimum absolute atomic E-state index is 0.0490. The van der Waals surface area contributed by atoms with Crippen LogP contribution < -0.4 is 4.90 Å². The van der Waals surface area contributed by atoms with Crippen LogP contribution >= 0.6 is 0 Å². The maximum Gasteiger partial charge on any atom is 0.233 e. The summed E-state index contributed by atoms with van der Waals surface area (Å²) in [6, 6.07) is 25.1. The summed E-state index contributed by atoms with van der Waals surface area (Å²) in [4.78, 5) is 15.4. The molecule has 5 rings (SSSR count). The second-order valence-electron chi connectivity index (χ2n) is 13.6. The zero-order valence-corrected chi connectivity index (χ0v) is 29.5. The third-order valence-electron chi connectivity index (χ3n) is 9.80. The third kappa shape index (κ3) is 9.41. The Morgan fingerprint density at radius 1 is 0.824 bits per heavy atom. The number of amides is 1. The highest BCUT2D eigenvalue weighted by Crippen LogP contribution is 2.48. The third-order valence-corrected chi connectivity index (χ3v) is 10.8. The van der Waals surface area contributed by atoms with Crippen molar-refractivity contribution in [3.8, 4) is 5.75 Å². The molecule has 0 saturated carbocycles. The fourth-order valence-electron chi connectivity index (χ4n) is 6.68. The first-order chi connectivity index (χ1) is 24.3. The van der Waals surface area contributed by atoms with E-state index in [0.717, 1.165) is 23.1 Å². The van der Waals surface area contributed by atoms with Crippen molar-refractivity contribution in [3.63, 3.8) is 0 Å². The normalized spacial score (nSPS) is 17.0. The van der Waals surface area contributed by atoms with E-state index in [2.05, 4.69) is 0 Å². The van der Waals surface area contributed by atoms with Crippen LogP contribution in [0.5, 0.6) is 5.75 Å². The molecule has 1 fully saturated rings. The molecule has 1 aliphatic heterocycles. The Bertz CT molecular complexity index is 1880. The Kier molecular flexibility index (Phi) is 12.3. The van der Waals surface area contributed by atoms with Crippen molar-refractivity contribution in [3.05, 3.63) is 130 Å². The first-order valence-electron chi connectivity index (χ1n) is 17.2. The Morgan fingerprint density at radius 2 is 1.41 bits per heavy atom. The van der Waals surface area contributed by atoms with E-state index < -0.39 is 52.5 Å². The summed E-state index contributed by atoms with van der Waals surface area (Å²) >= 11 is 0. The average Bonchev–Trinajstić information content (AvgIpc) is 3.12. The van der Waals surface area contributed by atoms with Gasteiger partial charge in [-0.25, -0.2) is 12.8 Å². The molecule has 4 aromatic carbocycles. The van der Waals surface area contributed by atoms with Crippen molar-refractivity contribution in [1.29, 1.82) is 0 Å². The van der Waals surface area contributed by atoms with E-state index in [1.807, 2.05) is 48.5 Å². The largest absolute Gasteiger partial charge is 0.508 e. The SMILES string of the molecule is CS(=O)(=O)CCCCc1ccc(N2C(=O)[C@H](CC[C@H](O)c3ccc(F)cc3)[C@H]2c2ccc(CCc3ccc(C(O)(CO)CO)cc3)cc2O)cc1. The van der Waals surface area contributed by atoms with Crippen molar-refractivity contribution in [1.82, 2.24) is 0 Å². The molecule has 9 nitrogen and oxygen atoms in total. The molecule has 1 aliphatic rings. The predicted molar refractivity (Wildman–Crippen MR) is 193 cm³/mol. The number of sulfone groups is 1. The molecule has 0 aliphatic carbocycles. The highest BCUT2D eigenvalue weighted by molar-refractivity contribution is 7.90. The Labute approximate surface area is 298 Å². The Morgan fingerprint density at radius 3 is 2.02 bits per heavy atom. The fraction of sp³-hybridized carbons (Fsp3) is 0.375. The predicted octanol–water partition coefficient (Wildman–Crippen LogP) is 5.07. The molecule has 0 aromatic heterocycles. The zero-order chi connectivity index (χ0) is 36.8. The Balaban J connectivity index is 1.31. The van der Waals surface area contributed by atoms with Gasteiger partial charge in [-0.15, -0.1) is 0 Å². The number of hydrogen-bond donors (Lipinski definition) is 5. The van der Waals surface area contributed by atoms with E-state index in [-0.39, 0.29) is 23.8 Å². The number of carbonyl (C=O) groups is 1. The van der Waals surface area contributed by atoms with E-state index in [4.69, 9.17) is 0 Å². The van der Waals surface area contributed by atoms with Gasteiger partial charge in [0, 0.05) is 23.3 Å². The molecule has 0 radical (unpaired) electrons. The molecule has 0 unspecified atom stereocenters. The lowest BCUT2D eigenvalue weighted by Crippen LogP contribution is -2.55. The van der Waals surface area contributed by atoms with E-state index in [9.17, 15) is 43.1 Å². The van der Waals surface area contributed by atoms with E-state index in [1.165, 1.54) is 30.5 Å². The van der Waals surface area contributed by atoms with Gasteiger partial charge in [0.1, 0.15) is 27.0 Å².